The van der Waals surface area contributed by atoms with Gasteiger partial charge < -0.3 is 9.08 Å². The highest BCUT2D eigenvalue weighted by atomic mass is 79.9. The van der Waals surface area contributed by atoms with Crippen LogP contribution in [-0.4, -0.2) is 27.5 Å². The van der Waals surface area contributed by atoms with Crippen LogP contribution in [0.25, 0.3) is 22.2 Å². The van der Waals surface area contributed by atoms with Gasteiger partial charge in [0.2, 0.25) is 0 Å². The number of aromatic nitrogens is 2. The molecule has 0 fully saturated rings. The lowest BCUT2D eigenvalue weighted by atomic mass is 9.94. The standard InChI is InChI=1S/C27H31BrFN3O2SSi/c1-27(2,3)35(33)32-21(15-17-16-23(36(4,5)6)24(29)26(28)30-17)18-11-7-8-12-19(18)25-20-13-9-10-14-22(20)34-31-25/h7-14,16,21,32H,15H2,1-6H3/t21-,35?/m0/s1. The fourth-order valence-corrected chi connectivity index (χ4v) is 6.85. The van der Waals surface area contributed by atoms with Gasteiger partial charge in [-0.15, -0.1) is 4.72 Å². The Labute approximate surface area is 224 Å². The summed E-state index contributed by atoms with van der Waals surface area (Å²) in [4.78, 5) is 4.51. The normalized spacial score (nSPS) is 14.2. The summed E-state index contributed by atoms with van der Waals surface area (Å²) in [5, 5.41) is 5.99. The van der Waals surface area contributed by atoms with Crippen LogP contribution in [-0.2, 0) is 17.8 Å². The summed E-state index contributed by atoms with van der Waals surface area (Å²) >= 11 is 1.97. The van der Waals surface area contributed by atoms with Crippen molar-refractivity contribution in [2.24, 2.45) is 0 Å². The molecule has 4 rings (SSSR count). The van der Waals surface area contributed by atoms with Gasteiger partial charge in [-0.05, 0) is 65.7 Å². The summed E-state index contributed by atoms with van der Waals surface area (Å²) in [7, 11) is -1.97. The van der Waals surface area contributed by atoms with E-state index < -0.39 is 24.2 Å². The predicted molar refractivity (Wildman–Crippen MR) is 152 cm³/mol. The molecule has 2 aromatic heterocycles. The predicted octanol–water partition coefficient (Wildman–Crippen LogP) is 6.67. The fourth-order valence-electron chi connectivity index (χ4n) is 4.03. The number of hydrogen-bond donors (Lipinski definition) is 1. The highest BCUT2D eigenvalue weighted by Gasteiger charge is 2.32. The van der Waals surface area contributed by atoms with Gasteiger partial charge in [0.05, 0.1) is 14.1 Å². The third-order valence-electron chi connectivity index (χ3n) is 5.97. The minimum atomic E-state index is -1.97. The maximum atomic E-state index is 14.9. The molecule has 0 spiro atoms. The summed E-state index contributed by atoms with van der Waals surface area (Å²) in [5.74, 6) is -0.296. The number of nitrogens with one attached hydrogen (secondary N) is 1. The van der Waals surface area contributed by atoms with Crippen molar-refractivity contribution in [1.82, 2.24) is 14.9 Å². The van der Waals surface area contributed by atoms with E-state index in [9.17, 15) is 8.94 Å². The lowest BCUT2D eigenvalue weighted by molar-refractivity contribution is 0.459. The van der Waals surface area contributed by atoms with E-state index in [1.165, 1.54) is 0 Å². The van der Waals surface area contributed by atoms with Gasteiger partial charge in [0.15, 0.2) is 11.4 Å². The molecule has 0 bridgehead atoms. The minimum absolute atomic E-state index is 0.212. The monoisotopic (exact) mass is 587 g/mol. The Kier molecular flexibility index (Phi) is 7.78. The maximum Gasteiger partial charge on any atom is 0.167 e. The van der Waals surface area contributed by atoms with Gasteiger partial charge >= 0.3 is 0 Å². The van der Waals surface area contributed by atoms with Gasteiger partial charge in [-0.25, -0.2) is 9.37 Å². The number of rotatable bonds is 7. The average Bonchev–Trinajstić information content (AvgIpc) is 3.23. The van der Waals surface area contributed by atoms with Gasteiger partial charge in [-0.3, -0.25) is 0 Å². The number of fused-ring (bicyclic) bond motifs is 1. The Hall–Kier alpha value is -2.04. The zero-order valence-electron chi connectivity index (χ0n) is 21.4. The molecule has 2 aromatic carbocycles. The van der Waals surface area contributed by atoms with E-state index in [2.05, 4.69) is 50.4 Å². The van der Waals surface area contributed by atoms with Crippen molar-refractivity contribution in [3.8, 4) is 11.3 Å². The third-order valence-corrected chi connectivity index (χ3v) is 10.1. The molecule has 0 saturated heterocycles. The van der Waals surface area contributed by atoms with Crippen LogP contribution in [0.15, 0.2) is 63.7 Å². The van der Waals surface area contributed by atoms with Crippen molar-refractivity contribution in [1.29, 1.82) is 0 Å². The number of benzene rings is 2. The SMILES string of the molecule is CC(C)(C)[S+]([O-])N[C@@H](Cc1cc([Si](C)(C)C)c(F)c(Br)n1)c1ccccc1-c1noc2ccccc12. The van der Waals surface area contributed by atoms with E-state index in [0.29, 0.717) is 17.2 Å². The Morgan fingerprint density at radius 2 is 1.78 bits per heavy atom. The number of para-hydroxylation sites is 1. The third kappa shape index (κ3) is 5.75. The van der Waals surface area contributed by atoms with Gasteiger partial charge in [0.25, 0.3) is 0 Å². The Morgan fingerprint density at radius 3 is 2.47 bits per heavy atom. The number of nitrogens with zero attached hydrogens (tertiary/aromatic N) is 2. The van der Waals surface area contributed by atoms with Crippen molar-refractivity contribution >= 4 is 51.5 Å². The minimum Gasteiger partial charge on any atom is -0.598 e. The largest absolute Gasteiger partial charge is 0.598 e. The lowest BCUT2D eigenvalue weighted by Crippen LogP contribution is -2.43. The summed E-state index contributed by atoms with van der Waals surface area (Å²) < 4.78 is 36.9. The highest BCUT2D eigenvalue weighted by molar-refractivity contribution is 9.10. The number of halogens is 2. The Bertz CT molecular complexity index is 1380. The molecule has 0 aliphatic carbocycles. The molecule has 5 nitrogen and oxygen atoms in total. The van der Waals surface area contributed by atoms with E-state index >= 15 is 0 Å². The van der Waals surface area contributed by atoms with E-state index in [1.54, 1.807) is 0 Å². The molecular formula is C27H31BrFN3O2SSi. The van der Waals surface area contributed by atoms with Gasteiger partial charge in [0, 0.05) is 34.4 Å². The fraction of sp³-hybridized carbons (Fsp3) is 0.333. The topological polar surface area (TPSA) is 74.0 Å². The number of pyridine rings is 1. The van der Waals surface area contributed by atoms with Crippen LogP contribution in [0, 0.1) is 5.82 Å². The van der Waals surface area contributed by atoms with E-state index in [0.717, 1.165) is 27.9 Å². The molecule has 2 atom stereocenters. The van der Waals surface area contributed by atoms with Crippen LogP contribution in [0.5, 0.6) is 0 Å². The molecule has 9 heteroatoms. The zero-order valence-corrected chi connectivity index (χ0v) is 24.8. The molecule has 0 aliphatic heterocycles. The van der Waals surface area contributed by atoms with E-state index in [1.807, 2.05) is 75.4 Å². The van der Waals surface area contributed by atoms with Crippen molar-refractivity contribution in [2.75, 3.05) is 0 Å². The summed E-state index contributed by atoms with van der Waals surface area (Å²) in [6.07, 6.45) is 0.422. The second kappa shape index (κ2) is 10.4. The van der Waals surface area contributed by atoms with Gasteiger partial charge in [-0.1, -0.05) is 61.2 Å². The van der Waals surface area contributed by atoms with Crippen LogP contribution >= 0.6 is 15.9 Å². The molecule has 1 unspecified atom stereocenters. The van der Waals surface area contributed by atoms with Crippen LogP contribution < -0.4 is 9.91 Å². The number of hydrogen-bond acceptors (Lipinski definition) is 5. The second-order valence-electron chi connectivity index (χ2n) is 10.9. The van der Waals surface area contributed by atoms with Gasteiger partial charge in [0.1, 0.15) is 15.0 Å². The lowest BCUT2D eigenvalue weighted by Gasteiger charge is -2.29. The first-order valence-corrected chi connectivity index (χ1v) is 17.3. The first-order valence-electron chi connectivity index (χ1n) is 11.8. The van der Waals surface area contributed by atoms with Crippen molar-refractivity contribution < 1.29 is 13.5 Å². The second-order valence-corrected chi connectivity index (χ2v) is 18.7. The van der Waals surface area contributed by atoms with Crippen LogP contribution in [0.3, 0.4) is 0 Å². The molecular weight excluding hydrogens is 557 g/mol. The van der Waals surface area contributed by atoms with Crippen LogP contribution in [0.2, 0.25) is 19.6 Å². The van der Waals surface area contributed by atoms with Crippen molar-refractivity contribution in [3.05, 3.63) is 76.3 Å². The van der Waals surface area contributed by atoms with Gasteiger partial charge in [-0.2, -0.15) is 0 Å². The molecule has 4 aromatic rings. The van der Waals surface area contributed by atoms with Crippen molar-refractivity contribution in [3.63, 3.8) is 0 Å². The Morgan fingerprint density at radius 1 is 1.11 bits per heavy atom. The molecule has 0 saturated carbocycles. The molecule has 1 N–H and O–H groups in total. The highest BCUT2D eigenvalue weighted by Crippen LogP contribution is 2.35. The first kappa shape index (κ1) is 27.0. The molecule has 36 heavy (non-hydrogen) atoms. The summed E-state index contributed by atoms with van der Waals surface area (Å²) in [6.45, 7) is 12.1. The molecule has 190 valence electrons. The zero-order chi connectivity index (χ0) is 26.3. The molecule has 0 aliphatic rings. The maximum absolute atomic E-state index is 14.9. The van der Waals surface area contributed by atoms with Crippen LogP contribution in [0.1, 0.15) is 38.1 Å². The first-order chi connectivity index (χ1) is 16.9. The average molecular weight is 589 g/mol. The van der Waals surface area contributed by atoms with E-state index in [-0.39, 0.29) is 16.5 Å². The smallest absolute Gasteiger partial charge is 0.167 e. The van der Waals surface area contributed by atoms with E-state index in [4.69, 9.17) is 4.52 Å². The summed E-state index contributed by atoms with van der Waals surface area (Å²) in [5.41, 5.74) is 3.96. The molecule has 2 heterocycles. The quantitative estimate of drug-likeness (QED) is 0.148. The summed E-state index contributed by atoms with van der Waals surface area (Å²) in [6, 6.07) is 17.1. The molecule has 0 amide bonds. The van der Waals surface area contributed by atoms with Crippen LogP contribution in [0.4, 0.5) is 4.39 Å². The Balaban J connectivity index is 1.83. The van der Waals surface area contributed by atoms with Crippen molar-refractivity contribution in [2.45, 2.75) is 57.6 Å². The molecule has 0 radical (unpaired) electrons.